The molecule has 2 aromatic carbocycles. The molecule has 0 amide bonds. The SMILES string of the molecule is C#Cc1cc(OCc2ccccc2)c(OCc2ccccc2)cn1. The zero-order valence-corrected chi connectivity index (χ0v) is 13.2. The fourth-order valence-corrected chi connectivity index (χ4v) is 2.20. The maximum atomic E-state index is 5.89. The minimum atomic E-state index is 0.441. The molecule has 0 saturated heterocycles. The van der Waals surface area contributed by atoms with E-state index in [0.717, 1.165) is 11.1 Å². The standard InChI is InChI=1S/C21H17NO2/c1-2-19-13-20(23-15-17-9-5-3-6-10-17)21(14-22-19)24-16-18-11-7-4-8-12-18/h1,3-14H,15-16H2. The number of ether oxygens (including phenoxy) is 2. The Morgan fingerprint density at radius 3 is 1.88 bits per heavy atom. The summed E-state index contributed by atoms with van der Waals surface area (Å²) in [6.45, 7) is 0.885. The van der Waals surface area contributed by atoms with Crippen LogP contribution in [0.4, 0.5) is 0 Å². The highest BCUT2D eigenvalue weighted by Crippen LogP contribution is 2.28. The van der Waals surface area contributed by atoms with Crippen LogP contribution in [-0.4, -0.2) is 4.98 Å². The molecule has 3 aromatic rings. The van der Waals surface area contributed by atoms with E-state index in [-0.39, 0.29) is 0 Å². The molecule has 0 spiro atoms. The second-order valence-corrected chi connectivity index (χ2v) is 5.21. The molecule has 24 heavy (non-hydrogen) atoms. The molecule has 0 fully saturated rings. The molecule has 0 saturated carbocycles. The molecule has 0 unspecified atom stereocenters. The highest BCUT2D eigenvalue weighted by molar-refractivity contribution is 5.43. The second kappa shape index (κ2) is 7.85. The van der Waals surface area contributed by atoms with E-state index in [0.29, 0.717) is 30.4 Å². The number of aromatic nitrogens is 1. The summed E-state index contributed by atoms with van der Waals surface area (Å²) in [5.74, 6) is 3.69. The summed E-state index contributed by atoms with van der Waals surface area (Å²) in [4.78, 5) is 4.18. The van der Waals surface area contributed by atoms with Gasteiger partial charge in [0.15, 0.2) is 11.5 Å². The number of hydrogen-bond acceptors (Lipinski definition) is 3. The number of pyridine rings is 1. The van der Waals surface area contributed by atoms with Gasteiger partial charge in [0.2, 0.25) is 0 Å². The summed E-state index contributed by atoms with van der Waals surface area (Å²) >= 11 is 0. The molecule has 3 rings (SSSR count). The summed E-state index contributed by atoms with van der Waals surface area (Å²) < 4.78 is 11.7. The van der Waals surface area contributed by atoms with Crippen LogP contribution in [0.3, 0.4) is 0 Å². The average Bonchev–Trinajstić information content (AvgIpc) is 2.66. The van der Waals surface area contributed by atoms with E-state index in [4.69, 9.17) is 15.9 Å². The predicted molar refractivity (Wildman–Crippen MR) is 93.7 cm³/mol. The minimum Gasteiger partial charge on any atom is -0.485 e. The number of terminal acetylenes is 1. The van der Waals surface area contributed by atoms with Crippen molar-refractivity contribution >= 4 is 0 Å². The smallest absolute Gasteiger partial charge is 0.180 e. The molecule has 0 N–H and O–H groups in total. The summed E-state index contributed by atoms with van der Waals surface area (Å²) in [7, 11) is 0. The summed E-state index contributed by atoms with van der Waals surface area (Å²) in [5, 5.41) is 0. The molecule has 1 aromatic heterocycles. The van der Waals surface area contributed by atoms with Crippen LogP contribution < -0.4 is 9.47 Å². The third-order valence-electron chi connectivity index (χ3n) is 3.45. The summed E-state index contributed by atoms with van der Waals surface area (Å²) in [6.07, 6.45) is 7.04. The Bertz CT molecular complexity index is 823. The lowest BCUT2D eigenvalue weighted by molar-refractivity contribution is 0.254. The number of benzene rings is 2. The van der Waals surface area contributed by atoms with Crippen LogP contribution in [0.2, 0.25) is 0 Å². The number of nitrogens with zero attached hydrogens (tertiary/aromatic N) is 1. The second-order valence-electron chi connectivity index (χ2n) is 5.21. The van der Waals surface area contributed by atoms with E-state index in [9.17, 15) is 0 Å². The molecule has 0 aliphatic heterocycles. The molecule has 3 heteroatoms. The first-order valence-electron chi connectivity index (χ1n) is 7.65. The van der Waals surface area contributed by atoms with E-state index >= 15 is 0 Å². The van der Waals surface area contributed by atoms with E-state index in [2.05, 4.69) is 10.9 Å². The Labute approximate surface area is 141 Å². The quantitative estimate of drug-likeness (QED) is 0.638. The van der Waals surface area contributed by atoms with Crippen molar-refractivity contribution < 1.29 is 9.47 Å². The lowest BCUT2D eigenvalue weighted by Gasteiger charge is -2.13. The Morgan fingerprint density at radius 1 is 0.792 bits per heavy atom. The Kier molecular flexibility index (Phi) is 5.11. The van der Waals surface area contributed by atoms with Crippen molar-refractivity contribution in [3.63, 3.8) is 0 Å². The molecule has 0 aliphatic carbocycles. The van der Waals surface area contributed by atoms with E-state index in [1.807, 2.05) is 60.7 Å². The van der Waals surface area contributed by atoms with E-state index < -0.39 is 0 Å². The van der Waals surface area contributed by atoms with Crippen molar-refractivity contribution in [2.75, 3.05) is 0 Å². The van der Waals surface area contributed by atoms with Gasteiger partial charge in [0.05, 0.1) is 6.20 Å². The predicted octanol–water partition coefficient (Wildman–Crippen LogP) is 4.22. The Morgan fingerprint density at radius 2 is 1.33 bits per heavy atom. The molecular weight excluding hydrogens is 298 g/mol. The normalized spacial score (nSPS) is 9.96. The highest BCUT2D eigenvalue weighted by Gasteiger charge is 2.08. The van der Waals surface area contributed by atoms with Crippen molar-refractivity contribution in [2.24, 2.45) is 0 Å². The molecule has 0 aliphatic rings. The topological polar surface area (TPSA) is 31.4 Å². The zero-order chi connectivity index (χ0) is 16.6. The van der Waals surface area contributed by atoms with E-state index in [1.54, 1.807) is 12.3 Å². The van der Waals surface area contributed by atoms with Crippen LogP contribution in [0.5, 0.6) is 11.5 Å². The molecule has 1 heterocycles. The maximum Gasteiger partial charge on any atom is 0.180 e. The van der Waals surface area contributed by atoms with E-state index in [1.165, 1.54) is 0 Å². The molecule has 3 nitrogen and oxygen atoms in total. The third kappa shape index (κ3) is 4.15. The van der Waals surface area contributed by atoms with Crippen LogP contribution in [-0.2, 0) is 13.2 Å². The Balaban J connectivity index is 1.74. The fraction of sp³-hybridized carbons (Fsp3) is 0.0952. The molecule has 0 bridgehead atoms. The molecule has 0 atom stereocenters. The summed E-state index contributed by atoms with van der Waals surface area (Å²) in [6, 6.07) is 21.6. The van der Waals surface area contributed by atoms with Crippen molar-refractivity contribution in [1.29, 1.82) is 0 Å². The molecular formula is C21H17NO2. The van der Waals surface area contributed by atoms with Gasteiger partial charge >= 0.3 is 0 Å². The van der Waals surface area contributed by atoms with Crippen LogP contribution >= 0.6 is 0 Å². The zero-order valence-electron chi connectivity index (χ0n) is 13.2. The third-order valence-corrected chi connectivity index (χ3v) is 3.45. The largest absolute Gasteiger partial charge is 0.485 e. The monoisotopic (exact) mass is 315 g/mol. The van der Waals surface area contributed by atoms with Gasteiger partial charge < -0.3 is 9.47 Å². The van der Waals surface area contributed by atoms with Crippen molar-refractivity contribution in [3.05, 3.63) is 89.7 Å². The summed E-state index contributed by atoms with van der Waals surface area (Å²) in [5.41, 5.74) is 2.67. The van der Waals surface area contributed by atoms with Crippen molar-refractivity contribution in [3.8, 4) is 23.8 Å². The molecule has 0 radical (unpaired) electrons. The van der Waals surface area contributed by atoms with Gasteiger partial charge in [-0.3, -0.25) is 0 Å². The van der Waals surface area contributed by atoms with Gasteiger partial charge in [-0.15, -0.1) is 6.42 Å². The highest BCUT2D eigenvalue weighted by atomic mass is 16.5. The average molecular weight is 315 g/mol. The number of hydrogen-bond donors (Lipinski definition) is 0. The first-order chi connectivity index (χ1) is 11.8. The van der Waals surface area contributed by atoms with Crippen LogP contribution in [0, 0.1) is 12.3 Å². The molecule has 118 valence electrons. The first kappa shape index (κ1) is 15.6. The van der Waals surface area contributed by atoms with Crippen LogP contribution in [0.1, 0.15) is 16.8 Å². The van der Waals surface area contributed by atoms with Gasteiger partial charge in [-0.25, -0.2) is 4.98 Å². The minimum absolute atomic E-state index is 0.441. The van der Waals surface area contributed by atoms with Gasteiger partial charge in [0, 0.05) is 6.07 Å². The van der Waals surface area contributed by atoms with Crippen molar-refractivity contribution in [2.45, 2.75) is 13.2 Å². The van der Waals surface area contributed by atoms with Crippen LogP contribution in [0.25, 0.3) is 0 Å². The maximum absolute atomic E-state index is 5.89. The number of rotatable bonds is 6. The van der Waals surface area contributed by atoms with Crippen LogP contribution in [0.15, 0.2) is 72.9 Å². The Hall–Kier alpha value is -3.25. The lowest BCUT2D eigenvalue weighted by atomic mass is 10.2. The van der Waals surface area contributed by atoms with Gasteiger partial charge in [0.25, 0.3) is 0 Å². The first-order valence-corrected chi connectivity index (χ1v) is 7.65. The lowest BCUT2D eigenvalue weighted by Crippen LogP contribution is -2.02. The fourth-order valence-electron chi connectivity index (χ4n) is 2.20. The van der Waals surface area contributed by atoms with Gasteiger partial charge in [-0.2, -0.15) is 0 Å². The van der Waals surface area contributed by atoms with Gasteiger partial charge in [-0.1, -0.05) is 66.6 Å². The van der Waals surface area contributed by atoms with Gasteiger partial charge in [0.1, 0.15) is 18.9 Å². The van der Waals surface area contributed by atoms with Gasteiger partial charge in [-0.05, 0) is 11.1 Å². The van der Waals surface area contributed by atoms with Crippen molar-refractivity contribution in [1.82, 2.24) is 4.98 Å².